The number of aliphatic hydroxyl groups is 2. The largest absolute Gasteiger partial charge is 0.480 e. The molecular formula is C19H23FN3O10P. The van der Waals surface area contributed by atoms with Crippen molar-refractivity contribution in [2.24, 2.45) is 0 Å². The van der Waals surface area contributed by atoms with Crippen molar-refractivity contribution in [2.45, 2.75) is 43.7 Å². The van der Waals surface area contributed by atoms with E-state index in [1.54, 1.807) is 6.07 Å². The van der Waals surface area contributed by atoms with Crippen molar-refractivity contribution >= 4 is 13.7 Å². The van der Waals surface area contributed by atoms with Crippen molar-refractivity contribution < 1.29 is 42.9 Å². The second-order valence-corrected chi connectivity index (χ2v) is 9.46. The number of aromatic amines is 1. The molecule has 1 aliphatic rings. The topological polar surface area (TPSA) is 189 Å². The Labute approximate surface area is 191 Å². The van der Waals surface area contributed by atoms with E-state index in [4.69, 9.17) is 18.9 Å². The maximum Gasteiger partial charge on any atom is 0.459 e. The lowest BCUT2D eigenvalue weighted by Crippen LogP contribution is -2.50. The molecule has 0 radical (unpaired) electrons. The molecule has 5 N–H and O–H groups in total. The minimum atomic E-state index is -4.58. The molecule has 0 aliphatic carbocycles. The minimum Gasteiger partial charge on any atom is -0.480 e. The summed E-state index contributed by atoms with van der Waals surface area (Å²) in [6.07, 6.45) is -3.22. The number of alkyl halides is 1. The molecule has 13 nitrogen and oxygen atoms in total. The number of carbonyl (C=O) groups is 1. The first kappa shape index (κ1) is 25.7. The molecule has 0 saturated carbocycles. The molecule has 186 valence electrons. The highest BCUT2D eigenvalue weighted by molar-refractivity contribution is 7.52. The van der Waals surface area contributed by atoms with Gasteiger partial charge in [-0.3, -0.25) is 23.7 Å². The zero-order chi connectivity index (χ0) is 25.3. The number of aromatic nitrogens is 2. The Morgan fingerprint density at radius 2 is 2.00 bits per heavy atom. The van der Waals surface area contributed by atoms with E-state index in [-0.39, 0.29) is 5.75 Å². The normalized spacial score (nSPS) is 29.3. The van der Waals surface area contributed by atoms with Crippen molar-refractivity contribution in [2.75, 3.05) is 6.61 Å². The number of halogens is 1. The van der Waals surface area contributed by atoms with Gasteiger partial charge in [0.2, 0.25) is 0 Å². The number of hydrogen-bond donors (Lipinski definition) is 5. The second kappa shape index (κ2) is 9.41. The van der Waals surface area contributed by atoms with Gasteiger partial charge in [0.25, 0.3) is 11.4 Å². The second-order valence-electron chi connectivity index (χ2n) is 7.77. The van der Waals surface area contributed by atoms with Crippen LogP contribution >= 0.6 is 7.75 Å². The molecule has 0 spiro atoms. The van der Waals surface area contributed by atoms with Gasteiger partial charge in [0, 0.05) is 12.3 Å². The van der Waals surface area contributed by atoms with E-state index in [2.05, 4.69) is 5.09 Å². The summed E-state index contributed by atoms with van der Waals surface area (Å²) >= 11 is 0. The SMILES string of the molecule is C[C@@H](N[P@](=O)(OC[C@@]1(F)O[C@@H](n2ccc(=O)[nH]c2=O)[C@](C)(O)[C@@H]1O)Oc1ccccc1)C(=O)O. The minimum absolute atomic E-state index is 0.00128. The highest BCUT2D eigenvalue weighted by Gasteiger charge is 2.63. The summed E-state index contributed by atoms with van der Waals surface area (Å²) in [5, 5.41) is 32.4. The van der Waals surface area contributed by atoms with Crippen LogP contribution in [0.1, 0.15) is 20.1 Å². The van der Waals surface area contributed by atoms with Gasteiger partial charge in [0.1, 0.15) is 30.1 Å². The Balaban J connectivity index is 1.87. The average Bonchev–Trinajstić information content (AvgIpc) is 2.93. The van der Waals surface area contributed by atoms with Crippen molar-refractivity contribution in [3.63, 3.8) is 0 Å². The van der Waals surface area contributed by atoms with Gasteiger partial charge in [0.15, 0.2) is 6.23 Å². The number of nitrogens with one attached hydrogen (secondary N) is 2. The highest BCUT2D eigenvalue weighted by Crippen LogP contribution is 2.50. The van der Waals surface area contributed by atoms with Gasteiger partial charge in [-0.2, -0.15) is 5.09 Å². The zero-order valence-electron chi connectivity index (χ0n) is 18.0. The lowest BCUT2D eigenvalue weighted by atomic mass is 9.95. The molecular weight excluding hydrogens is 480 g/mol. The van der Waals surface area contributed by atoms with Crippen LogP contribution < -0.4 is 20.9 Å². The zero-order valence-corrected chi connectivity index (χ0v) is 18.8. The van der Waals surface area contributed by atoms with Gasteiger partial charge >= 0.3 is 19.4 Å². The standard InChI is InChI=1S/C19H23FN3O10P/c1-11(14(25)26)22-34(30,33-12-6-4-3-5-7-12)31-10-19(20)15(27)18(2,29)16(32-19)23-9-8-13(24)21-17(23)28/h3-9,11,15-16,27,29H,10H2,1-2H3,(H,22,30)(H,25,26)(H,21,24,28)/t11-,15+,16-,18-,19-,34+/m1/s1. The van der Waals surface area contributed by atoms with E-state index < -0.39 is 61.4 Å². The molecule has 1 fully saturated rings. The first-order chi connectivity index (χ1) is 15.8. The van der Waals surface area contributed by atoms with Crippen molar-refractivity contribution in [1.29, 1.82) is 0 Å². The van der Waals surface area contributed by atoms with Crippen LogP contribution in [0.3, 0.4) is 0 Å². The first-order valence-electron chi connectivity index (χ1n) is 9.86. The van der Waals surface area contributed by atoms with Crippen molar-refractivity contribution in [3.05, 3.63) is 63.4 Å². The average molecular weight is 503 g/mol. The van der Waals surface area contributed by atoms with Crippen molar-refractivity contribution in [1.82, 2.24) is 14.6 Å². The molecule has 1 saturated heterocycles. The summed E-state index contributed by atoms with van der Waals surface area (Å²) in [6.45, 7) is 0.816. The molecule has 1 aromatic carbocycles. The summed E-state index contributed by atoms with van der Waals surface area (Å²) in [7, 11) is -4.58. The lowest BCUT2D eigenvalue weighted by molar-refractivity contribution is -0.204. The Morgan fingerprint density at radius 3 is 2.59 bits per heavy atom. The summed E-state index contributed by atoms with van der Waals surface area (Å²) in [4.78, 5) is 36.5. The summed E-state index contributed by atoms with van der Waals surface area (Å²) in [6, 6.07) is 6.94. The van der Waals surface area contributed by atoms with Gasteiger partial charge in [-0.15, -0.1) is 0 Å². The molecule has 2 aromatic rings. The predicted molar refractivity (Wildman–Crippen MR) is 113 cm³/mol. The highest BCUT2D eigenvalue weighted by atomic mass is 31.2. The van der Waals surface area contributed by atoms with Crippen molar-refractivity contribution in [3.8, 4) is 5.75 Å². The fourth-order valence-corrected chi connectivity index (χ4v) is 4.69. The van der Waals surface area contributed by atoms with Gasteiger partial charge in [-0.05, 0) is 26.0 Å². The third-order valence-corrected chi connectivity index (χ3v) is 6.62. The van der Waals surface area contributed by atoms with Crippen LogP contribution in [0, 0.1) is 0 Å². The van der Waals surface area contributed by atoms with Crippen LogP contribution in [0.25, 0.3) is 0 Å². The monoisotopic (exact) mass is 503 g/mol. The molecule has 0 bridgehead atoms. The summed E-state index contributed by atoms with van der Waals surface area (Å²) in [5.74, 6) is -4.64. The third-order valence-electron chi connectivity index (χ3n) is 5.00. The van der Waals surface area contributed by atoms with Crippen LogP contribution in [-0.2, 0) is 18.6 Å². The molecule has 2 heterocycles. The smallest absolute Gasteiger partial charge is 0.459 e. The van der Waals surface area contributed by atoms with Crippen LogP contribution in [0.2, 0.25) is 0 Å². The number of para-hydroxylation sites is 1. The molecule has 34 heavy (non-hydrogen) atoms. The maximum atomic E-state index is 15.6. The van der Waals surface area contributed by atoms with Gasteiger partial charge < -0.3 is 24.6 Å². The van der Waals surface area contributed by atoms with E-state index in [0.29, 0.717) is 4.57 Å². The fourth-order valence-electron chi connectivity index (χ4n) is 3.18. The number of hydrogen-bond acceptors (Lipinski definition) is 9. The van der Waals surface area contributed by atoms with Gasteiger partial charge in [-0.25, -0.2) is 13.8 Å². The number of ether oxygens (including phenoxy) is 1. The molecule has 15 heteroatoms. The molecule has 1 aliphatic heterocycles. The number of carboxylic acid groups (broad SMARTS) is 1. The van der Waals surface area contributed by atoms with Crippen LogP contribution in [0.5, 0.6) is 5.75 Å². The van der Waals surface area contributed by atoms with E-state index in [1.165, 1.54) is 24.3 Å². The van der Waals surface area contributed by atoms with Gasteiger partial charge in [0.05, 0.1) is 0 Å². The molecule has 0 amide bonds. The number of benzene rings is 1. The summed E-state index contributed by atoms with van der Waals surface area (Å²) < 4.78 is 45.0. The van der Waals surface area contributed by atoms with E-state index in [0.717, 1.165) is 26.1 Å². The predicted octanol–water partition coefficient (Wildman–Crippen LogP) is 0.110. The fraction of sp³-hybridized carbons (Fsp3) is 0.421. The van der Waals surface area contributed by atoms with E-state index >= 15 is 4.39 Å². The maximum absolute atomic E-state index is 15.6. The number of rotatable bonds is 9. The van der Waals surface area contributed by atoms with Gasteiger partial charge in [-0.1, -0.05) is 18.2 Å². The quantitative estimate of drug-likeness (QED) is 0.292. The van der Waals surface area contributed by atoms with E-state index in [9.17, 15) is 29.2 Å². The first-order valence-corrected chi connectivity index (χ1v) is 11.4. The third kappa shape index (κ3) is 5.27. The molecule has 3 rings (SSSR count). The Morgan fingerprint density at radius 1 is 1.35 bits per heavy atom. The lowest BCUT2D eigenvalue weighted by Gasteiger charge is -2.28. The molecule has 0 unspecified atom stereocenters. The van der Waals surface area contributed by atoms with Crippen LogP contribution in [0.4, 0.5) is 4.39 Å². The number of H-pyrrole nitrogens is 1. The molecule has 6 atom stereocenters. The molecule has 1 aromatic heterocycles. The Hall–Kier alpha value is -2.87. The van der Waals surface area contributed by atoms with E-state index in [1.807, 2.05) is 4.98 Å². The number of aliphatic hydroxyl groups excluding tert-OH is 1. The number of carboxylic acids is 1. The Kier molecular flexibility index (Phi) is 7.12. The number of aliphatic carboxylic acids is 1. The van der Waals surface area contributed by atoms with Crippen LogP contribution in [-0.4, -0.2) is 61.0 Å². The number of nitrogens with zero attached hydrogens (tertiary/aromatic N) is 1. The summed E-state index contributed by atoms with van der Waals surface area (Å²) in [5.41, 5.74) is -4.22. The van der Waals surface area contributed by atoms with Crippen LogP contribution in [0.15, 0.2) is 52.2 Å². The Bertz CT molecular complexity index is 1200.